The summed E-state index contributed by atoms with van der Waals surface area (Å²) in [5.41, 5.74) is 2.29. The molecule has 0 bridgehead atoms. The summed E-state index contributed by atoms with van der Waals surface area (Å²) in [6, 6.07) is 19.9. The number of nitrogens with zero attached hydrogens (tertiary/aromatic N) is 2. The number of rotatable bonds is 7. The lowest BCUT2D eigenvalue weighted by molar-refractivity contribution is 0.0746. The molecule has 2 amide bonds. The number of pyridine rings is 1. The van der Waals surface area contributed by atoms with Gasteiger partial charge in [0.15, 0.2) is 0 Å². The van der Waals surface area contributed by atoms with Gasteiger partial charge in [-0.15, -0.1) is 0 Å². The monoisotopic (exact) mass is 389 g/mol. The molecule has 6 heteroatoms. The maximum absolute atomic E-state index is 12.9. The van der Waals surface area contributed by atoms with E-state index in [1.54, 1.807) is 42.3 Å². The zero-order chi connectivity index (χ0) is 20.6. The fraction of sp³-hybridized carbons (Fsp3) is 0.174. The average molecular weight is 389 g/mol. The molecular formula is C23H23N3O3. The second-order valence-corrected chi connectivity index (χ2v) is 6.42. The van der Waals surface area contributed by atoms with E-state index < -0.39 is 0 Å². The third-order valence-corrected chi connectivity index (χ3v) is 4.47. The summed E-state index contributed by atoms with van der Waals surface area (Å²) in [4.78, 5) is 31.4. The lowest BCUT2D eigenvalue weighted by Gasteiger charge is -2.20. The van der Waals surface area contributed by atoms with Crippen molar-refractivity contribution in [3.8, 4) is 5.75 Å². The normalized spacial score (nSPS) is 10.3. The molecule has 6 nitrogen and oxygen atoms in total. The standard InChI is InChI=1S/C23H23N3O3/c1-3-26(16-17-7-5-4-6-8-17)23(28)21-15-18(13-14-24-21)22(27)25-19-9-11-20(29-2)12-10-19/h4-15H,3,16H2,1-2H3,(H,25,27). The molecule has 0 radical (unpaired) electrons. The maximum Gasteiger partial charge on any atom is 0.272 e. The Bertz CT molecular complexity index is 972. The van der Waals surface area contributed by atoms with Gasteiger partial charge in [-0.1, -0.05) is 30.3 Å². The number of anilines is 1. The van der Waals surface area contributed by atoms with Crippen LogP contribution in [0.3, 0.4) is 0 Å². The Hall–Kier alpha value is -3.67. The first-order valence-electron chi connectivity index (χ1n) is 9.35. The minimum absolute atomic E-state index is 0.213. The minimum Gasteiger partial charge on any atom is -0.497 e. The van der Waals surface area contributed by atoms with Crippen molar-refractivity contribution in [3.63, 3.8) is 0 Å². The lowest BCUT2D eigenvalue weighted by Crippen LogP contribution is -2.31. The molecule has 29 heavy (non-hydrogen) atoms. The third-order valence-electron chi connectivity index (χ3n) is 4.47. The predicted molar refractivity (Wildman–Crippen MR) is 112 cm³/mol. The van der Waals surface area contributed by atoms with Crippen LogP contribution < -0.4 is 10.1 Å². The SMILES string of the molecule is CCN(Cc1ccccc1)C(=O)c1cc(C(=O)Nc2ccc(OC)cc2)ccn1. The van der Waals surface area contributed by atoms with E-state index in [1.165, 1.54) is 12.3 Å². The van der Waals surface area contributed by atoms with Gasteiger partial charge >= 0.3 is 0 Å². The van der Waals surface area contributed by atoms with Gasteiger partial charge in [0, 0.05) is 30.5 Å². The molecule has 2 aromatic carbocycles. The minimum atomic E-state index is -0.308. The van der Waals surface area contributed by atoms with Gasteiger partial charge in [-0.05, 0) is 48.9 Å². The van der Waals surface area contributed by atoms with Crippen LogP contribution in [-0.2, 0) is 6.54 Å². The fourth-order valence-corrected chi connectivity index (χ4v) is 2.86. The second-order valence-electron chi connectivity index (χ2n) is 6.42. The summed E-state index contributed by atoms with van der Waals surface area (Å²) in [6.07, 6.45) is 1.48. The Morgan fingerprint density at radius 1 is 1.03 bits per heavy atom. The number of amides is 2. The molecule has 0 aliphatic heterocycles. The topological polar surface area (TPSA) is 71.5 Å². The fourth-order valence-electron chi connectivity index (χ4n) is 2.86. The van der Waals surface area contributed by atoms with Crippen molar-refractivity contribution in [2.45, 2.75) is 13.5 Å². The molecule has 0 aliphatic carbocycles. The molecule has 0 saturated heterocycles. The van der Waals surface area contributed by atoms with Gasteiger partial charge < -0.3 is 15.0 Å². The summed E-state index contributed by atoms with van der Waals surface area (Å²) in [6.45, 7) is 2.94. The summed E-state index contributed by atoms with van der Waals surface area (Å²) < 4.78 is 5.11. The number of aromatic nitrogens is 1. The third kappa shape index (κ3) is 5.19. The zero-order valence-electron chi connectivity index (χ0n) is 16.5. The Morgan fingerprint density at radius 3 is 2.41 bits per heavy atom. The molecule has 0 atom stereocenters. The van der Waals surface area contributed by atoms with Crippen LogP contribution in [0.5, 0.6) is 5.75 Å². The number of ether oxygens (including phenoxy) is 1. The highest BCUT2D eigenvalue weighted by Gasteiger charge is 2.18. The molecule has 148 valence electrons. The maximum atomic E-state index is 12.9. The van der Waals surface area contributed by atoms with E-state index in [2.05, 4.69) is 10.3 Å². The van der Waals surface area contributed by atoms with Crippen LogP contribution in [0.25, 0.3) is 0 Å². The predicted octanol–water partition coefficient (Wildman–Crippen LogP) is 4.00. The highest BCUT2D eigenvalue weighted by Crippen LogP contribution is 2.16. The Morgan fingerprint density at radius 2 is 1.76 bits per heavy atom. The molecule has 3 aromatic rings. The van der Waals surface area contributed by atoms with E-state index in [0.29, 0.717) is 30.1 Å². The van der Waals surface area contributed by atoms with Crippen molar-refractivity contribution in [2.75, 3.05) is 19.0 Å². The van der Waals surface area contributed by atoms with E-state index >= 15 is 0 Å². The van der Waals surface area contributed by atoms with E-state index in [4.69, 9.17) is 4.74 Å². The molecule has 3 rings (SSSR count). The smallest absolute Gasteiger partial charge is 0.272 e. The van der Waals surface area contributed by atoms with E-state index in [9.17, 15) is 9.59 Å². The van der Waals surface area contributed by atoms with Crippen molar-refractivity contribution in [2.24, 2.45) is 0 Å². The Kier molecular flexibility index (Phi) is 6.58. The summed E-state index contributed by atoms with van der Waals surface area (Å²) >= 11 is 0. The average Bonchev–Trinajstić information content (AvgIpc) is 2.78. The van der Waals surface area contributed by atoms with Crippen molar-refractivity contribution < 1.29 is 14.3 Å². The van der Waals surface area contributed by atoms with Crippen LogP contribution in [-0.4, -0.2) is 35.4 Å². The van der Waals surface area contributed by atoms with Gasteiger partial charge in [-0.25, -0.2) is 0 Å². The first-order chi connectivity index (χ1) is 14.1. The summed E-state index contributed by atoms with van der Waals surface area (Å²) in [5.74, 6) is 0.186. The molecule has 1 aromatic heterocycles. The Labute approximate surface area is 170 Å². The van der Waals surface area contributed by atoms with Gasteiger partial charge in [0.05, 0.1) is 7.11 Å². The number of hydrogen-bond donors (Lipinski definition) is 1. The molecule has 1 heterocycles. The van der Waals surface area contributed by atoms with Crippen molar-refractivity contribution in [1.82, 2.24) is 9.88 Å². The van der Waals surface area contributed by atoms with Gasteiger partial charge in [-0.2, -0.15) is 0 Å². The Balaban J connectivity index is 1.73. The van der Waals surface area contributed by atoms with Crippen molar-refractivity contribution in [3.05, 3.63) is 89.7 Å². The summed E-state index contributed by atoms with van der Waals surface area (Å²) in [7, 11) is 1.58. The van der Waals surface area contributed by atoms with Crippen LogP contribution in [0.15, 0.2) is 72.9 Å². The first kappa shape index (κ1) is 20.1. The number of carbonyl (C=O) groups excluding carboxylic acids is 2. The molecule has 0 saturated carbocycles. The van der Waals surface area contributed by atoms with Crippen LogP contribution in [0, 0.1) is 0 Å². The first-order valence-corrected chi connectivity index (χ1v) is 9.35. The second kappa shape index (κ2) is 9.50. The van der Waals surface area contributed by atoms with Crippen molar-refractivity contribution in [1.29, 1.82) is 0 Å². The zero-order valence-corrected chi connectivity index (χ0v) is 16.5. The van der Waals surface area contributed by atoms with E-state index in [-0.39, 0.29) is 17.5 Å². The van der Waals surface area contributed by atoms with Crippen LogP contribution >= 0.6 is 0 Å². The van der Waals surface area contributed by atoms with Gasteiger partial charge in [0.25, 0.3) is 11.8 Å². The van der Waals surface area contributed by atoms with Crippen LogP contribution in [0.2, 0.25) is 0 Å². The number of methoxy groups -OCH3 is 1. The van der Waals surface area contributed by atoms with E-state index in [1.807, 2.05) is 37.3 Å². The molecule has 0 spiro atoms. The van der Waals surface area contributed by atoms with Crippen molar-refractivity contribution >= 4 is 17.5 Å². The number of carbonyl (C=O) groups is 2. The van der Waals surface area contributed by atoms with Gasteiger partial charge in [-0.3, -0.25) is 14.6 Å². The molecule has 0 fully saturated rings. The highest BCUT2D eigenvalue weighted by atomic mass is 16.5. The summed E-state index contributed by atoms with van der Waals surface area (Å²) in [5, 5.41) is 2.81. The number of benzene rings is 2. The lowest BCUT2D eigenvalue weighted by atomic mass is 10.1. The largest absolute Gasteiger partial charge is 0.497 e. The number of nitrogens with one attached hydrogen (secondary N) is 1. The highest BCUT2D eigenvalue weighted by molar-refractivity contribution is 6.05. The molecule has 0 aliphatic rings. The quantitative estimate of drug-likeness (QED) is 0.663. The van der Waals surface area contributed by atoms with E-state index in [0.717, 1.165) is 5.56 Å². The van der Waals surface area contributed by atoms with Crippen LogP contribution in [0.4, 0.5) is 5.69 Å². The molecule has 0 unspecified atom stereocenters. The van der Waals surface area contributed by atoms with Gasteiger partial charge in [0.1, 0.15) is 11.4 Å². The van der Waals surface area contributed by atoms with Crippen LogP contribution in [0.1, 0.15) is 33.3 Å². The molecular weight excluding hydrogens is 366 g/mol. The van der Waals surface area contributed by atoms with Gasteiger partial charge in [0.2, 0.25) is 0 Å². The number of hydrogen-bond acceptors (Lipinski definition) is 4. The molecule has 1 N–H and O–H groups in total.